The van der Waals surface area contributed by atoms with Crippen molar-refractivity contribution in [1.29, 1.82) is 0 Å². The molecule has 2 aromatic carbocycles. The van der Waals surface area contributed by atoms with Gasteiger partial charge in [-0.05, 0) is 36.8 Å². The Hall–Kier alpha value is -2.86. The summed E-state index contributed by atoms with van der Waals surface area (Å²) >= 11 is 0. The van der Waals surface area contributed by atoms with Gasteiger partial charge in [0.15, 0.2) is 0 Å². The molecular formula is C20H23N3O3. The summed E-state index contributed by atoms with van der Waals surface area (Å²) in [5.74, 6) is -0.0696. The number of rotatable bonds is 5. The van der Waals surface area contributed by atoms with Crippen LogP contribution in [0.3, 0.4) is 0 Å². The molecule has 1 unspecified atom stereocenters. The largest absolute Gasteiger partial charge is 0.485 e. The third kappa shape index (κ3) is 4.03. The fourth-order valence-electron chi connectivity index (χ4n) is 3.01. The Bertz CT molecular complexity index is 800. The van der Waals surface area contributed by atoms with Crippen molar-refractivity contribution in [2.24, 2.45) is 5.73 Å². The summed E-state index contributed by atoms with van der Waals surface area (Å²) in [5, 5.41) is 3.24. The number of hydrogen-bond acceptors (Lipinski definition) is 4. The average Bonchev–Trinajstić information content (AvgIpc) is 2.68. The van der Waals surface area contributed by atoms with Crippen molar-refractivity contribution in [2.45, 2.75) is 13.0 Å². The van der Waals surface area contributed by atoms with E-state index < -0.39 is 5.91 Å². The van der Waals surface area contributed by atoms with E-state index in [0.29, 0.717) is 30.0 Å². The number of benzene rings is 2. The minimum atomic E-state index is -0.532. The zero-order valence-electron chi connectivity index (χ0n) is 14.8. The summed E-state index contributed by atoms with van der Waals surface area (Å²) in [6.45, 7) is 4.93. The smallest absolute Gasteiger partial charge is 0.253 e. The molecule has 3 rings (SSSR count). The van der Waals surface area contributed by atoms with Crippen LogP contribution in [0, 0.1) is 0 Å². The summed E-state index contributed by atoms with van der Waals surface area (Å²) in [5.41, 5.74) is 7.25. The maximum absolute atomic E-state index is 12.7. The molecule has 136 valence electrons. The molecule has 6 heteroatoms. The predicted octanol–water partition coefficient (Wildman–Crippen LogP) is 1.97. The highest BCUT2D eigenvalue weighted by Crippen LogP contribution is 2.25. The topological polar surface area (TPSA) is 84.7 Å². The van der Waals surface area contributed by atoms with Crippen molar-refractivity contribution in [2.75, 3.05) is 26.2 Å². The maximum atomic E-state index is 12.7. The molecule has 0 spiro atoms. The van der Waals surface area contributed by atoms with E-state index in [2.05, 4.69) is 5.32 Å². The molecule has 2 aromatic rings. The van der Waals surface area contributed by atoms with E-state index in [1.165, 1.54) is 0 Å². The molecule has 1 fully saturated rings. The number of piperazine rings is 1. The van der Waals surface area contributed by atoms with Crippen molar-refractivity contribution < 1.29 is 14.3 Å². The third-order valence-corrected chi connectivity index (χ3v) is 4.46. The van der Waals surface area contributed by atoms with Crippen LogP contribution in [0.15, 0.2) is 48.5 Å². The minimum absolute atomic E-state index is 0.0260. The van der Waals surface area contributed by atoms with E-state index in [4.69, 9.17) is 10.5 Å². The van der Waals surface area contributed by atoms with Gasteiger partial charge in [-0.2, -0.15) is 0 Å². The van der Waals surface area contributed by atoms with Crippen LogP contribution in [0.4, 0.5) is 0 Å². The lowest BCUT2D eigenvalue weighted by atomic mass is 10.1. The number of para-hydroxylation sites is 1. The first-order valence-corrected chi connectivity index (χ1v) is 8.71. The summed E-state index contributed by atoms with van der Waals surface area (Å²) in [6.07, 6.45) is -0.328. The van der Waals surface area contributed by atoms with Crippen LogP contribution in [0.5, 0.6) is 5.75 Å². The van der Waals surface area contributed by atoms with Crippen LogP contribution >= 0.6 is 0 Å². The number of carbonyl (C=O) groups excluding carboxylic acids is 2. The summed E-state index contributed by atoms with van der Waals surface area (Å²) in [6, 6.07) is 14.3. The van der Waals surface area contributed by atoms with Gasteiger partial charge in [0.2, 0.25) is 0 Å². The molecule has 1 atom stereocenters. The van der Waals surface area contributed by atoms with Gasteiger partial charge in [-0.1, -0.05) is 24.3 Å². The second kappa shape index (κ2) is 8.01. The van der Waals surface area contributed by atoms with Crippen LogP contribution in [0.1, 0.15) is 39.3 Å². The molecule has 1 heterocycles. The lowest BCUT2D eigenvalue weighted by Crippen LogP contribution is -2.46. The molecule has 1 aliphatic rings. The zero-order chi connectivity index (χ0) is 18.5. The second-order valence-corrected chi connectivity index (χ2v) is 6.29. The molecule has 0 radical (unpaired) electrons. The fourth-order valence-corrected chi connectivity index (χ4v) is 3.01. The van der Waals surface area contributed by atoms with Gasteiger partial charge in [0.1, 0.15) is 11.9 Å². The first-order chi connectivity index (χ1) is 12.6. The number of nitrogens with one attached hydrogen (secondary N) is 1. The van der Waals surface area contributed by atoms with Crippen molar-refractivity contribution in [3.05, 3.63) is 65.2 Å². The lowest BCUT2D eigenvalue weighted by molar-refractivity contribution is 0.0735. The van der Waals surface area contributed by atoms with Gasteiger partial charge >= 0.3 is 0 Å². The van der Waals surface area contributed by atoms with Gasteiger partial charge in [0, 0.05) is 31.7 Å². The van der Waals surface area contributed by atoms with Gasteiger partial charge in [0.05, 0.1) is 5.56 Å². The van der Waals surface area contributed by atoms with E-state index in [9.17, 15) is 9.59 Å². The Kier molecular flexibility index (Phi) is 5.53. The molecule has 6 nitrogen and oxygen atoms in total. The monoisotopic (exact) mass is 353 g/mol. The van der Waals surface area contributed by atoms with Gasteiger partial charge in [-0.25, -0.2) is 0 Å². The van der Waals surface area contributed by atoms with E-state index in [1.54, 1.807) is 24.3 Å². The maximum Gasteiger partial charge on any atom is 0.253 e. The normalized spacial score (nSPS) is 15.3. The first-order valence-electron chi connectivity index (χ1n) is 8.71. The SMILES string of the molecule is CC(Oc1ccccc1C(N)=O)c1cccc(C(=O)N2CCNCC2)c1. The molecule has 3 N–H and O–H groups in total. The Morgan fingerprint density at radius 3 is 2.58 bits per heavy atom. The molecule has 0 saturated carbocycles. The summed E-state index contributed by atoms with van der Waals surface area (Å²) in [7, 11) is 0. The predicted molar refractivity (Wildman–Crippen MR) is 99.2 cm³/mol. The average molecular weight is 353 g/mol. The highest BCUT2D eigenvalue weighted by molar-refractivity contribution is 5.95. The summed E-state index contributed by atoms with van der Waals surface area (Å²) in [4.78, 5) is 26.1. The van der Waals surface area contributed by atoms with Crippen LogP contribution in [0.2, 0.25) is 0 Å². The number of amides is 2. The van der Waals surface area contributed by atoms with Gasteiger partial charge in [0.25, 0.3) is 11.8 Å². The molecule has 0 aliphatic carbocycles. The quantitative estimate of drug-likeness (QED) is 0.861. The van der Waals surface area contributed by atoms with Crippen LogP contribution in [0.25, 0.3) is 0 Å². The van der Waals surface area contributed by atoms with Gasteiger partial charge in [-0.15, -0.1) is 0 Å². The minimum Gasteiger partial charge on any atom is -0.485 e. The molecular weight excluding hydrogens is 330 g/mol. The molecule has 2 amide bonds. The Morgan fingerprint density at radius 2 is 1.85 bits per heavy atom. The van der Waals surface area contributed by atoms with Crippen molar-refractivity contribution >= 4 is 11.8 Å². The number of primary amides is 1. The van der Waals surface area contributed by atoms with Crippen LogP contribution < -0.4 is 15.8 Å². The van der Waals surface area contributed by atoms with Crippen molar-refractivity contribution in [3.8, 4) is 5.75 Å². The molecule has 1 aliphatic heterocycles. The molecule has 1 saturated heterocycles. The highest BCUT2D eigenvalue weighted by Gasteiger charge is 2.19. The Balaban J connectivity index is 1.77. The number of hydrogen-bond donors (Lipinski definition) is 2. The fraction of sp³-hybridized carbons (Fsp3) is 0.300. The highest BCUT2D eigenvalue weighted by atomic mass is 16.5. The van der Waals surface area contributed by atoms with Crippen molar-refractivity contribution in [1.82, 2.24) is 10.2 Å². The second-order valence-electron chi connectivity index (χ2n) is 6.29. The Labute approximate surface area is 152 Å². The number of nitrogens with two attached hydrogens (primary N) is 1. The first kappa shape index (κ1) is 17.9. The van der Waals surface area contributed by atoms with Gasteiger partial charge < -0.3 is 20.7 Å². The van der Waals surface area contributed by atoms with E-state index in [-0.39, 0.29) is 12.0 Å². The lowest BCUT2D eigenvalue weighted by Gasteiger charge is -2.27. The molecule has 26 heavy (non-hydrogen) atoms. The van der Waals surface area contributed by atoms with Crippen LogP contribution in [-0.4, -0.2) is 42.9 Å². The molecule has 0 aromatic heterocycles. The Morgan fingerprint density at radius 1 is 1.12 bits per heavy atom. The number of carbonyl (C=O) groups is 2. The number of nitrogens with zero attached hydrogens (tertiary/aromatic N) is 1. The van der Waals surface area contributed by atoms with E-state index >= 15 is 0 Å². The van der Waals surface area contributed by atoms with E-state index in [1.807, 2.05) is 36.1 Å². The standard InChI is InChI=1S/C20H23N3O3/c1-14(26-18-8-3-2-7-17(18)19(21)24)15-5-4-6-16(13-15)20(25)23-11-9-22-10-12-23/h2-8,13-14,22H,9-12H2,1H3,(H2,21,24). The zero-order valence-corrected chi connectivity index (χ0v) is 14.8. The number of ether oxygens (including phenoxy) is 1. The van der Waals surface area contributed by atoms with Crippen molar-refractivity contribution in [3.63, 3.8) is 0 Å². The summed E-state index contributed by atoms with van der Waals surface area (Å²) < 4.78 is 5.94. The van der Waals surface area contributed by atoms with Gasteiger partial charge in [-0.3, -0.25) is 9.59 Å². The van der Waals surface area contributed by atoms with Crippen LogP contribution in [-0.2, 0) is 0 Å². The third-order valence-electron chi connectivity index (χ3n) is 4.46. The van der Waals surface area contributed by atoms with E-state index in [0.717, 1.165) is 18.7 Å². The molecule has 0 bridgehead atoms.